The highest BCUT2D eigenvalue weighted by molar-refractivity contribution is 9.10. The number of hydrogen-bond donors (Lipinski definition) is 2. The van der Waals surface area contributed by atoms with Crippen molar-refractivity contribution in [3.63, 3.8) is 0 Å². The predicted molar refractivity (Wildman–Crippen MR) is 100 cm³/mol. The Morgan fingerprint density at radius 1 is 1.20 bits per heavy atom. The Bertz CT molecular complexity index is 735. The summed E-state index contributed by atoms with van der Waals surface area (Å²) >= 11 is 3.49. The maximum atomic E-state index is 11.8. The van der Waals surface area contributed by atoms with Crippen molar-refractivity contribution >= 4 is 33.5 Å². The third kappa shape index (κ3) is 5.69. The maximum absolute atomic E-state index is 11.8. The lowest BCUT2D eigenvalue weighted by molar-refractivity contribution is -0.677. The molecule has 0 saturated heterocycles. The van der Waals surface area contributed by atoms with E-state index >= 15 is 0 Å². The number of anilines is 1. The van der Waals surface area contributed by atoms with Gasteiger partial charge < -0.3 is 15.4 Å². The number of carbonyl (C=O) groups is 2. The van der Waals surface area contributed by atoms with Gasteiger partial charge in [0.2, 0.25) is 5.91 Å². The van der Waals surface area contributed by atoms with Crippen molar-refractivity contribution < 1.29 is 19.6 Å². The van der Waals surface area contributed by atoms with E-state index in [9.17, 15) is 9.59 Å². The van der Waals surface area contributed by atoms with Crippen molar-refractivity contribution in [2.75, 3.05) is 18.5 Å². The summed E-state index contributed by atoms with van der Waals surface area (Å²) in [5.74, 6) is -0.403. The van der Waals surface area contributed by atoms with Gasteiger partial charge in [-0.25, -0.2) is 4.79 Å². The highest BCUT2D eigenvalue weighted by Crippen LogP contribution is 2.29. The minimum absolute atomic E-state index is 0.138. The van der Waals surface area contributed by atoms with Crippen molar-refractivity contribution in [2.45, 2.75) is 19.9 Å². The normalized spacial score (nSPS) is 11.6. The van der Waals surface area contributed by atoms with Crippen molar-refractivity contribution in [3.05, 3.63) is 64.1 Å². The Hall–Kier alpha value is -2.18. The van der Waals surface area contributed by atoms with E-state index in [1.165, 1.54) is 6.92 Å². The standard InChI is InChI=1S/C19H21BrN2O3/c1-3-25-18(24)12-21-19(14-7-5-4-6-8-14)16-11-15(20)9-10-17(16)22-13(2)23/h4-11,19,21H,3,12H2,1-2H3,(H,22,23)/p+1/t19-/m1/s1. The average Bonchev–Trinajstić information content (AvgIpc) is 2.58. The number of benzene rings is 2. The van der Waals surface area contributed by atoms with E-state index in [4.69, 9.17) is 4.74 Å². The van der Waals surface area contributed by atoms with E-state index in [0.29, 0.717) is 6.61 Å². The van der Waals surface area contributed by atoms with Crippen molar-refractivity contribution in [1.82, 2.24) is 0 Å². The summed E-state index contributed by atoms with van der Waals surface area (Å²) in [6.45, 7) is 3.82. The molecule has 3 N–H and O–H groups in total. The summed E-state index contributed by atoms with van der Waals surface area (Å²) in [6, 6.07) is 15.4. The summed E-state index contributed by atoms with van der Waals surface area (Å²) < 4.78 is 5.94. The van der Waals surface area contributed by atoms with Gasteiger partial charge in [-0.1, -0.05) is 46.3 Å². The van der Waals surface area contributed by atoms with Gasteiger partial charge in [0.15, 0.2) is 6.54 Å². The molecule has 2 rings (SSSR count). The number of rotatable bonds is 7. The van der Waals surface area contributed by atoms with E-state index in [1.54, 1.807) is 6.92 Å². The van der Waals surface area contributed by atoms with Crippen LogP contribution in [-0.4, -0.2) is 25.0 Å². The van der Waals surface area contributed by atoms with Crippen LogP contribution in [0, 0.1) is 0 Å². The molecule has 0 spiro atoms. The first-order valence-corrected chi connectivity index (χ1v) is 8.91. The van der Waals surface area contributed by atoms with Gasteiger partial charge >= 0.3 is 5.97 Å². The van der Waals surface area contributed by atoms with Gasteiger partial charge in [-0.15, -0.1) is 0 Å². The molecule has 0 aliphatic rings. The van der Waals surface area contributed by atoms with E-state index in [1.807, 2.05) is 53.8 Å². The maximum Gasteiger partial charge on any atom is 0.361 e. The molecular weight excluding hydrogens is 384 g/mol. The number of amides is 1. The van der Waals surface area contributed by atoms with Crippen molar-refractivity contribution in [2.24, 2.45) is 0 Å². The number of quaternary nitrogens is 1. The first kappa shape index (κ1) is 19.1. The summed E-state index contributed by atoms with van der Waals surface area (Å²) in [7, 11) is 0. The summed E-state index contributed by atoms with van der Waals surface area (Å²) in [6.07, 6.45) is 0. The molecule has 0 heterocycles. The monoisotopic (exact) mass is 405 g/mol. The number of esters is 1. The Morgan fingerprint density at radius 2 is 1.92 bits per heavy atom. The molecule has 2 aromatic carbocycles. The molecule has 0 unspecified atom stereocenters. The van der Waals surface area contributed by atoms with Gasteiger partial charge in [0, 0.05) is 22.5 Å². The Balaban J connectivity index is 2.39. The third-order valence-corrected chi connectivity index (χ3v) is 4.14. The molecule has 25 heavy (non-hydrogen) atoms. The lowest BCUT2D eigenvalue weighted by atomic mass is 9.97. The fourth-order valence-electron chi connectivity index (χ4n) is 2.63. The second-order valence-corrected chi connectivity index (χ2v) is 6.46. The van der Waals surface area contributed by atoms with Crippen molar-refractivity contribution in [1.29, 1.82) is 0 Å². The second kappa shape index (κ2) is 9.34. The van der Waals surface area contributed by atoms with Crippen LogP contribution in [-0.2, 0) is 14.3 Å². The number of nitrogens with two attached hydrogens (primary N) is 1. The summed E-state index contributed by atoms with van der Waals surface area (Å²) in [5, 5.41) is 4.78. The number of nitrogens with one attached hydrogen (secondary N) is 1. The third-order valence-electron chi connectivity index (χ3n) is 3.64. The SMILES string of the molecule is CCOC(=O)C[NH2+][C@H](c1ccccc1)c1cc(Br)ccc1NC(C)=O. The van der Waals surface area contributed by atoms with Gasteiger partial charge in [-0.05, 0) is 25.1 Å². The highest BCUT2D eigenvalue weighted by atomic mass is 79.9. The smallest absolute Gasteiger partial charge is 0.361 e. The fourth-order valence-corrected chi connectivity index (χ4v) is 3.01. The van der Waals surface area contributed by atoms with Crippen LogP contribution in [0.2, 0.25) is 0 Å². The Labute approximate surface area is 155 Å². The Kier molecular flexibility index (Phi) is 7.16. The Morgan fingerprint density at radius 3 is 2.56 bits per heavy atom. The van der Waals surface area contributed by atoms with Crippen LogP contribution in [0.15, 0.2) is 53.0 Å². The first-order valence-electron chi connectivity index (χ1n) is 8.12. The lowest BCUT2D eigenvalue weighted by Gasteiger charge is -2.20. The second-order valence-electron chi connectivity index (χ2n) is 5.55. The van der Waals surface area contributed by atoms with Crippen LogP contribution in [0.3, 0.4) is 0 Å². The molecule has 0 fully saturated rings. The molecule has 6 heteroatoms. The molecule has 132 valence electrons. The van der Waals surface area contributed by atoms with Crippen LogP contribution in [0.25, 0.3) is 0 Å². The zero-order chi connectivity index (χ0) is 18.2. The molecule has 0 aliphatic heterocycles. The molecule has 0 bridgehead atoms. The first-order chi connectivity index (χ1) is 12.0. The minimum atomic E-state index is -0.264. The molecular formula is C19H22BrN2O3+. The van der Waals surface area contributed by atoms with Gasteiger partial charge in [-0.2, -0.15) is 0 Å². The highest BCUT2D eigenvalue weighted by Gasteiger charge is 2.23. The van der Waals surface area contributed by atoms with E-state index in [2.05, 4.69) is 21.2 Å². The lowest BCUT2D eigenvalue weighted by Crippen LogP contribution is -2.87. The molecule has 2 aromatic rings. The van der Waals surface area contributed by atoms with Crippen LogP contribution in [0.4, 0.5) is 5.69 Å². The zero-order valence-corrected chi connectivity index (χ0v) is 15.9. The minimum Gasteiger partial charge on any atom is -0.462 e. The van der Waals surface area contributed by atoms with Crippen LogP contribution < -0.4 is 10.6 Å². The molecule has 0 saturated carbocycles. The van der Waals surface area contributed by atoms with E-state index in [0.717, 1.165) is 21.3 Å². The van der Waals surface area contributed by atoms with Crippen LogP contribution in [0.5, 0.6) is 0 Å². The molecule has 0 aromatic heterocycles. The van der Waals surface area contributed by atoms with Gasteiger partial charge in [0.1, 0.15) is 6.04 Å². The molecule has 0 aliphatic carbocycles. The summed E-state index contributed by atoms with van der Waals surface area (Å²) in [4.78, 5) is 23.4. The van der Waals surface area contributed by atoms with Crippen LogP contribution >= 0.6 is 15.9 Å². The van der Waals surface area contributed by atoms with Crippen LogP contribution in [0.1, 0.15) is 31.0 Å². The molecule has 1 atom stereocenters. The molecule has 5 nitrogen and oxygen atoms in total. The average molecular weight is 406 g/mol. The van der Waals surface area contributed by atoms with E-state index in [-0.39, 0.29) is 24.5 Å². The zero-order valence-electron chi connectivity index (χ0n) is 14.3. The largest absolute Gasteiger partial charge is 0.462 e. The van der Waals surface area contributed by atoms with Crippen molar-refractivity contribution in [3.8, 4) is 0 Å². The quantitative estimate of drug-likeness (QED) is 0.695. The van der Waals surface area contributed by atoms with Gasteiger partial charge in [0.25, 0.3) is 0 Å². The summed E-state index contributed by atoms with van der Waals surface area (Å²) in [5.41, 5.74) is 2.68. The number of hydrogen-bond acceptors (Lipinski definition) is 3. The molecule has 0 radical (unpaired) electrons. The number of carbonyl (C=O) groups excluding carboxylic acids is 2. The molecule has 1 amide bonds. The predicted octanol–water partition coefficient (Wildman–Crippen LogP) is 2.62. The number of ether oxygens (including phenoxy) is 1. The topological polar surface area (TPSA) is 72.0 Å². The fraction of sp³-hybridized carbons (Fsp3) is 0.263. The van der Waals surface area contributed by atoms with Gasteiger partial charge in [0.05, 0.1) is 12.3 Å². The van der Waals surface area contributed by atoms with E-state index < -0.39 is 0 Å². The van der Waals surface area contributed by atoms with Gasteiger partial charge in [-0.3, -0.25) is 4.79 Å². The number of halogens is 1.